The van der Waals surface area contributed by atoms with Crippen molar-refractivity contribution in [3.8, 4) is 28.7 Å². The van der Waals surface area contributed by atoms with E-state index in [2.05, 4.69) is 10.6 Å². The van der Waals surface area contributed by atoms with Gasteiger partial charge in [0.15, 0.2) is 11.6 Å². The van der Waals surface area contributed by atoms with E-state index in [4.69, 9.17) is 9.47 Å². The van der Waals surface area contributed by atoms with Crippen LogP contribution < -0.4 is 42.3 Å². The van der Waals surface area contributed by atoms with E-state index in [1.807, 2.05) is 62.4 Å². The Bertz CT molecular complexity index is 3280. The van der Waals surface area contributed by atoms with Crippen molar-refractivity contribution in [1.82, 2.24) is 14.5 Å². The first-order valence-electron chi connectivity index (χ1n) is 19.9. The number of ketones is 2. The summed E-state index contributed by atoms with van der Waals surface area (Å²) in [6.07, 6.45) is 0. The van der Waals surface area contributed by atoms with Crippen molar-refractivity contribution in [2.75, 3.05) is 12.4 Å². The van der Waals surface area contributed by atoms with E-state index < -0.39 is 39.8 Å². The average Bonchev–Trinajstić information content (AvgIpc) is 3.66. The van der Waals surface area contributed by atoms with Gasteiger partial charge in [0.05, 0.1) is 38.4 Å². The summed E-state index contributed by atoms with van der Waals surface area (Å²) in [4.78, 5) is 99.8. The predicted octanol–water partition coefficient (Wildman–Crippen LogP) is 7.34. The number of benzene rings is 6. The van der Waals surface area contributed by atoms with Gasteiger partial charge in [-0.2, -0.15) is 0 Å². The number of amides is 2. The van der Waals surface area contributed by atoms with Crippen LogP contribution in [0.5, 0.6) is 23.0 Å². The number of carbonyl (C=O) groups is 4. The third kappa shape index (κ3) is 8.79. The minimum Gasteiger partial charge on any atom is -0.457 e. The molecule has 14 nitrogen and oxygen atoms in total. The van der Waals surface area contributed by atoms with Gasteiger partial charge in [0, 0.05) is 30.9 Å². The lowest BCUT2D eigenvalue weighted by atomic mass is 9.93. The second-order valence-electron chi connectivity index (χ2n) is 15.0. The molecule has 8 rings (SSSR count). The van der Waals surface area contributed by atoms with E-state index in [0.29, 0.717) is 34.4 Å². The van der Waals surface area contributed by atoms with Crippen LogP contribution in [0.25, 0.3) is 27.2 Å². The minimum absolute atomic E-state index is 0.00563. The van der Waals surface area contributed by atoms with Crippen LogP contribution in [0.3, 0.4) is 0 Å². The van der Waals surface area contributed by atoms with E-state index in [1.54, 1.807) is 48.5 Å². The SMILES string of the molecule is CNC(=O)c1cc(C(=O)Nc2ccc(Oc3ccc(C)cc3)cc2)c(C(C)=O)cc1C(C)=O.Cc1ccc(Oc2ccc(-n3c(=O)c4cc5c(=O)n(C)c(=O)c5cc4c3=O)cc2)cc1. The Morgan fingerprint density at radius 2 is 0.828 bits per heavy atom. The number of hydrogen-bond donors (Lipinski definition) is 2. The van der Waals surface area contributed by atoms with Crippen LogP contribution in [0.4, 0.5) is 5.69 Å². The van der Waals surface area contributed by atoms with E-state index in [9.17, 15) is 38.4 Å². The van der Waals surface area contributed by atoms with Crippen LogP contribution in [-0.2, 0) is 7.05 Å². The Hall–Kier alpha value is -8.52. The fourth-order valence-electron chi connectivity index (χ4n) is 6.97. The molecular weight excluding hydrogens is 817 g/mol. The second kappa shape index (κ2) is 17.8. The fourth-order valence-corrected chi connectivity index (χ4v) is 6.97. The third-order valence-corrected chi connectivity index (χ3v) is 10.4. The highest BCUT2D eigenvalue weighted by molar-refractivity contribution is 6.16. The van der Waals surface area contributed by atoms with Gasteiger partial charge in [0.25, 0.3) is 34.1 Å². The van der Waals surface area contributed by atoms with E-state index in [1.165, 1.54) is 52.2 Å². The van der Waals surface area contributed by atoms with Gasteiger partial charge in [0.2, 0.25) is 0 Å². The van der Waals surface area contributed by atoms with E-state index in [-0.39, 0.29) is 49.6 Å². The minimum atomic E-state index is -0.576. The zero-order chi connectivity index (χ0) is 46.0. The van der Waals surface area contributed by atoms with Crippen molar-refractivity contribution in [3.05, 3.63) is 196 Å². The van der Waals surface area contributed by atoms with Gasteiger partial charge in [-0.15, -0.1) is 0 Å². The van der Waals surface area contributed by atoms with Gasteiger partial charge < -0.3 is 20.1 Å². The monoisotopic (exact) mass is 856 g/mol. The first-order valence-corrected chi connectivity index (χ1v) is 19.9. The maximum Gasteiger partial charge on any atom is 0.266 e. The number of aryl methyl sites for hydroxylation is 2. The van der Waals surface area contributed by atoms with Gasteiger partial charge >= 0.3 is 0 Å². The molecule has 0 aliphatic rings. The van der Waals surface area contributed by atoms with Crippen molar-refractivity contribution in [3.63, 3.8) is 0 Å². The largest absolute Gasteiger partial charge is 0.457 e. The molecule has 0 atom stereocenters. The molecule has 320 valence electrons. The lowest BCUT2D eigenvalue weighted by molar-refractivity contribution is 0.0944. The molecule has 0 saturated carbocycles. The summed E-state index contributed by atoms with van der Waals surface area (Å²) in [7, 11) is 2.79. The molecule has 0 radical (unpaired) electrons. The third-order valence-electron chi connectivity index (χ3n) is 10.4. The Morgan fingerprint density at radius 3 is 1.23 bits per heavy atom. The Balaban J connectivity index is 0.000000192. The summed E-state index contributed by atoms with van der Waals surface area (Å²) in [5, 5.41) is 5.66. The van der Waals surface area contributed by atoms with Crippen LogP contribution in [0.1, 0.15) is 66.4 Å². The van der Waals surface area contributed by atoms with Crippen LogP contribution in [0.2, 0.25) is 0 Å². The lowest BCUT2D eigenvalue weighted by Gasteiger charge is -2.14. The Morgan fingerprint density at radius 1 is 0.469 bits per heavy atom. The smallest absolute Gasteiger partial charge is 0.266 e. The van der Waals surface area contributed by atoms with Crippen molar-refractivity contribution in [2.45, 2.75) is 27.7 Å². The zero-order valence-electron chi connectivity index (χ0n) is 35.5. The highest BCUT2D eigenvalue weighted by atomic mass is 16.5. The topological polar surface area (TPSA) is 189 Å². The molecule has 2 aromatic heterocycles. The number of nitrogens with zero attached hydrogens (tertiary/aromatic N) is 2. The van der Waals surface area contributed by atoms with E-state index in [0.717, 1.165) is 20.3 Å². The highest BCUT2D eigenvalue weighted by Gasteiger charge is 2.23. The first kappa shape index (κ1) is 43.6. The van der Waals surface area contributed by atoms with Crippen LogP contribution in [0, 0.1) is 13.8 Å². The molecule has 64 heavy (non-hydrogen) atoms. The van der Waals surface area contributed by atoms with Gasteiger partial charge in [0.1, 0.15) is 23.0 Å². The molecule has 0 fully saturated rings. The van der Waals surface area contributed by atoms with E-state index >= 15 is 0 Å². The van der Waals surface area contributed by atoms with Gasteiger partial charge in [-0.3, -0.25) is 42.9 Å². The number of carbonyl (C=O) groups excluding carboxylic acids is 4. The molecule has 2 heterocycles. The quantitative estimate of drug-likeness (QED) is 0.132. The number of fused-ring (bicyclic) bond motifs is 2. The molecule has 0 saturated heterocycles. The van der Waals surface area contributed by atoms with Crippen molar-refractivity contribution < 1.29 is 28.7 Å². The zero-order valence-corrected chi connectivity index (χ0v) is 35.5. The summed E-state index contributed by atoms with van der Waals surface area (Å²) in [5.41, 5.74) is 1.22. The van der Waals surface area contributed by atoms with Gasteiger partial charge in [-0.05, 0) is 125 Å². The van der Waals surface area contributed by atoms with Crippen molar-refractivity contribution >= 4 is 50.6 Å². The summed E-state index contributed by atoms with van der Waals surface area (Å²) < 4.78 is 13.6. The number of Topliss-reactive ketones (excluding diaryl/α,β-unsaturated/α-hetero) is 2. The molecule has 0 aliphatic heterocycles. The number of anilines is 1. The van der Waals surface area contributed by atoms with Gasteiger partial charge in [-0.25, -0.2) is 4.57 Å². The molecule has 6 aromatic carbocycles. The first-order chi connectivity index (χ1) is 30.5. The number of hydrogen-bond acceptors (Lipinski definition) is 10. The predicted molar refractivity (Wildman–Crippen MR) is 244 cm³/mol. The lowest BCUT2D eigenvalue weighted by Crippen LogP contribution is -2.24. The molecule has 0 spiro atoms. The molecule has 2 amide bonds. The number of rotatable bonds is 10. The second-order valence-corrected chi connectivity index (χ2v) is 15.0. The summed E-state index contributed by atoms with van der Waals surface area (Å²) in [6.45, 7) is 6.57. The van der Waals surface area contributed by atoms with Crippen molar-refractivity contribution in [1.29, 1.82) is 0 Å². The molecule has 8 aromatic rings. The van der Waals surface area contributed by atoms with Crippen LogP contribution in [0.15, 0.2) is 141 Å². The molecule has 2 N–H and O–H groups in total. The fraction of sp³-hybridized carbons (Fsp3) is 0.120. The number of nitrogens with one attached hydrogen (secondary N) is 2. The molecule has 0 bridgehead atoms. The summed E-state index contributed by atoms with van der Waals surface area (Å²) >= 11 is 0. The maximum absolute atomic E-state index is 13.0. The number of aromatic nitrogens is 2. The molecular formula is C50H40N4O10. The molecule has 0 aliphatic carbocycles. The normalized spacial score (nSPS) is 10.8. The maximum atomic E-state index is 13.0. The average molecular weight is 857 g/mol. The summed E-state index contributed by atoms with van der Waals surface area (Å²) in [6, 6.07) is 33.7. The molecule has 14 heteroatoms. The summed E-state index contributed by atoms with van der Waals surface area (Å²) in [5.74, 6) is 0.634. The van der Waals surface area contributed by atoms with Crippen molar-refractivity contribution in [2.24, 2.45) is 7.05 Å². The Kier molecular flexibility index (Phi) is 12.1. The number of ether oxygens (including phenoxy) is 2. The van der Waals surface area contributed by atoms with Crippen LogP contribution >= 0.6 is 0 Å². The highest BCUT2D eigenvalue weighted by Crippen LogP contribution is 2.26. The molecule has 0 unspecified atom stereocenters. The van der Waals surface area contributed by atoms with Gasteiger partial charge in [-0.1, -0.05) is 35.4 Å². The van der Waals surface area contributed by atoms with Crippen LogP contribution in [-0.4, -0.2) is 39.6 Å². The standard InChI is InChI=1S/C26H24N2O5.C24H16N2O5/c1-15-5-9-19(10-6-15)33-20-11-7-18(8-12-20)28-26(32)24-14-23(25(31)27-4)21(16(2)29)13-22(24)17(3)30;1-13-3-7-15(8-4-13)31-16-9-5-14(6-10-16)26-23(29)19-11-17-18(12-20(19)24(26)30)22(28)25(2)21(17)27/h5-14H,1-4H3,(H,27,31)(H,28,32);3-12H,1-2H3. The Labute approximate surface area is 364 Å².